The Hall–Kier alpha value is -1.80. The Morgan fingerprint density at radius 2 is 0.833 bits per heavy atom. The lowest BCUT2D eigenvalue weighted by molar-refractivity contribution is -0.366. The molecule has 0 N–H and O–H groups in total. The molecule has 0 amide bonds. The molecule has 6 nitrogen and oxygen atoms in total. The summed E-state index contributed by atoms with van der Waals surface area (Å²) in [6, 6.07) is -1.76. The topological polar surface area (TPSA) is 86.7 Å². The number of alkyl halides is 12. The lowest BCUT2D eigenvalue weighted by atomic mass is 9.85. The molecule has 0 aliphatic rings. The molecule has 20 heteroatoms. The molecule has 36 heavy (non-hydrogen) atoms. The van der Waals surface area contributed by atoms with Crippen molar-refractivity contribution in [3.8, 4) is 0 Å². The standard InChI is InChI=1S/C16H14F12O6S2/c1-3-35(29,30)33-11(13(17,18)19,14(20,21)22)9-6-5-7-10(8-9)12(15(23,24)25,16(26,27)28)34-36(31,32)4-2/h5-8H,3-4H2,1-2H3. The molecule has 0 aromatic heterocycles. The zero-order valence-corrected chi connectivity index (χ0v) is 19.2. The highest BCUT2D eigenvalue weighted by molar-refractivity contribution is 7.86. The van der Waals surface area contributed by atoms with Gasteiger partial charge in [-0.05, 0) is 19.9 Å². The Kier molecular flexibility index (Phi) is 8.50. The smallest absolute Gasteiger partial charge is 0.239 e. The van der Waals surface area contributed by atoms with Gasteiger partial charge in [-0.15, -0.1) is 0 Å². The van der Waals surface area contributed by atoms with Gasteiger partial charge in [0.1, 0.15) is 0 Å². The van der Waals surface area contributed by atoms with Crippen LogP contribution in [0.2, 0.25) is 0 Å². The van der Waals surface area contributed by atoms with Gasteiger partial charge in [-0.1, -0.05) is 18.2 Å². The third-order valence-electron chi connectivity index (χ3n) is 4.48. The van der Waals surface area contributed by atoms with Crippen molar-refractivity contribution in [2.24, 2.45) is 0 Å². The normalized spacial score (nSPS) is 15.3. The van der Waals surface area contributed by atoms with Gasteiger partial charge in [0.2, 0.25) is 0 Å². The summed E-state index contributed by atoms with van der Waals surface area (Å²) in [5.74, 6) is -3.04. The van der Waals surface area contributed by atoms with Crippen LogP contribution in [-0.4, -0.2) is 53.0 Å². The molecule has 0 aliphatic heterocycles. The molecule has 0 atom stereocenters. The molecule has 0 saturated heterocycles. The molecule has 0 unspecified atom stereocenters. The first kappa shape index (κ1) is 32.2. The van der Waals surface area contributed by atoms with E-state index in [1.807, 2.05) is 0 Å². The second-order valence-corrected chi connectivity index (χ2v) is 10.5. The Labute approximate surface area is 195 Å². The number of rotatable bonds is 8. The van der Waals surface area contributed by atoms with Crippen molar-refractivity contribution in [1.82, 2.24) is 0 Å². The van der Waals surface area contributed by atoms with Crippen LogP contribution in [0.15, 0.2) is 24.3 Å². The van der Waals surface area contributed by atoms with Gasteiger partial charge in [0, 0.05) is 11.1 Å². The number of halogens is 12. The summed E-state index contributed by atoms with van der Waals surface area (Å²) < 4.78 is 218. The van der Waals surface area contributed by atoms with Crippen LogP contribution < -0.4 is 0 Å². The van der Waals surface area contributed by atoms with Crippen LogP contribution in [-0.2, 0) is 39.8 Å². The second kappa shape index (κ2) is 9.50. The lowest BCUT2D eigenvalue weighted by Gasteiger charge is -2.39. The minimum Gasteiger partial charge on any atom is -0.239 e. The van der Waals surface area contributed by atoms with Gasteiger partial charge < -0.3 is 0 Å². The van der Waals surface area contributed by atoms with E-state index in [4.69, 9.17) is 0 Å². The third kappa shape index (κ3) is 5.69. The lowest BCUT2D eigenvalue weighted by Crippen LogP contribution is -2.58. The summed E-state index contributed by atoms with van der Waals surface area (Å²) >= 11 is 0. The maximum absolute atomic E-state index is 13.8. The Bertz CT molecular complexity index is 1030. The Morgan fingerprint density at radius 3 is 1.03 bits per heavy atom. The highest BCUT2D eigenvalue weighted by Gasteiger charge is 2.78. The maximum Gasteiger partial charge on any atom is 0.432 e. The summed E-state index contributed by atoms with van der Waals surface area (Å²) in [4.78, 5) is 0. The van der Waals surface area contributed by atoms with Crippen molar-refractivity contribution in [2.45, 2.75) is 49.8 Å². The molecule has 1 aromatic carbocycles. The predicted octanol–water partition coefficient (Wildman–Crippen LogP) is 5.06. The summed E-state index contributed by atoms with van der Waals surface area (Å²) in [5.41, 5.74) is -17.2. The Morgan fingerprint density at radius 1 is 0.583 bits per heavy atom. The average molecular weight is 594 g/mol. The summed E-state index contributed by atoms with van der Waals surface area (Å²) in [5, 5.41) is 0. The van der Waals surface area contributed by atoms with Gasteiger partial charge in [0.05, 0.1) is 11.5 Å². The zero-order chi connectivity index (χ0) is 28.8. The van der Waals surface area contributed by atoms with E-state index >= 15 is 0 Å². The monoisotopic (exact) mass is 594 g/mol. The molecule has 0 spiro atoms. The van der Waals surface area contributed by atoms with Crippen LogP contribution in [0.4, 0.5) is 52.7 Å². The van der Waals surface area contributed by atoms with Crippen LogP contribution in [0.3, 0.4) is 0 Å². The van der Waals surface area contributed by atoms with Crippen LogP contribution in [0.5, 0.6) is 0 Å². The molecule has 210 valence electrons. The third-order valence-corrected chi connectivity index (χ3v) is 6.91. The van der Waals surface area contributed by atoms with Crippen molar-refractivity contribution < 1.29 is 77.9 Å². The van der Waals surface area contributed by atoms with E-state index in [-0.39, 0.29) is 18.2 Å². The SMILES string of the molecule is CCS(=O)(=O)OC(c1cccc(C(OS(=O)(=O)CC)(C(F)(F)F)C(F)(F)F)c1)(C(F)(F)F)C(F)(F)F. The van der Waals surface area contributed by atoms with E-state index < -0.39 is 84.8 Å². The van der Waals surface area contributed by atoms with E-state index in [1.165, 1.54) is 0 Å². The molecule has 1 aromatic rings. The summed E-state index contributed by atoms with van der Waals surface area (Å²) in [6.07, 6.45) is -27.3. The quantitative estimate of drug-likeness (QED) is 0.309. The average Bonchev–Trinajstić information content (AvgIpc) is 2.66. The van der Waals surface area contributed by atoms with Crippen molar-refractivity contribution >= 4 is 20.2 Å². The highest BCUT2D eigenvalue weighted by atomic mass is 32.2. The molecule has 0 radical (unpaired) electrons. The first-order chi connectivity index (χ1) is 15.7. The van der Waals surface area contributed by atoms with Crippen molar-refractivity contribution in [3.05, 3.63) is 35.4 Å². The first-order valence-electron chi connectivity index (χ1n) is 8.99. The molecule has 0 bridgehead atoms. The molecule has 0 saturated carbocycles. The van der Waals surface area contributed by atoms with Crippen molar-refractivity contribution in [2.75, 3.05) is 11.5 Å². The van der Waals surface area contributed by atoms with Crippen LogP contribution in [0.1, 0.15) is 25.0 Å². The minimum atomic E-state index is -6.83. The number of hydrogen-bond donors (Lipinski definition) is 0. The van der Waals surface area contributed by atoms with Crippen LogP contribution >= 0.6 is 0 Å². The molecular weight excluding hydrogens is 580 g/mol. The highest BCUT2D eigenvalue weighted by Crippen LogP contribution is 2.57. The van der Waals surface area contributed by atoms with Crippen molar-refractivity contribution in [3.63, 3.8) is 0 Å². The molecule has 1 rings (SSSR count). The van der Waals surface area contributed by atoms with Crippen LogP contribution in [0.25, 0.3) is 0 Å². The minimum absolute atomic E-state index is 0.160. The van der Waals surface area contributed by atoms with Gasteiger partial charge in [0.15, 0.2) is 0 Å². The van der Waals surface area contributed by atoms with Gasteiger partial charge in [-0.2, -0.15) is 69.5 Å². The second-order valence-electron chi connectivity index (χ2n) is 6.79. The Balaban J connectivity index is 4.31. The summed E-state index contributed by atoms with van der Waals surface area (Å²) in [7, 11) is -11.5. The van der Waals surface area contributed by atoms with E-state index in [9.17, 15) is 69.5 Å². The first-order valence-corrected chi connectivity index (χ1v) is 12.1. The fourth-order valence-corrected chi connectivity index (χ4v) is 4.29. The van der Waals surface area contributed by atoms with Gasteiger partial charge in [-0.25, -0.2) is 8.37 Å². The van der Waals surface area contributed by atoms with Gasteiger partial charge in [-0.3, -0.25) is 0 Å². The molecular formula is C16H14F12O6S2. The zero-order valence-electron chi connectivity index (χ0n) is 17.5. The van der Waals surface area contributed by atoms with Crippen LogP contribution in [0, 0.1) is 0 Å². The van der Waals surface area contributed by atoms with Crippen molar-refractivity contribution in [1.29, 1.82) is 0 Å². The number of hydrogen-bond acceptors (Lipinski definition) is 6. The fraction of sp³-hybridized carbons (Fsp3) is 0.625. The van der Waals surface area contributed by atoms with E-state index in [1.54, 1.807) is 0 Å². The largest absolute Gasteiger partial charge is 0.432 e. The van der Waals surface area contributed by atoms with E-state index in [0.717, 1.165) is 0 Å². The molecule has 0 heterocycles. The van der Waals surface area contributed by atoms with Gasteiger partial charge in [0.25, 0.3) is 20.2 Å². The predicted molar refractivity (Wildman–Crippen MR) is 95.1 cm³/mol. The fourth-order valence-electron chi connectivity index (χ4n) is 2.72. The maximum atomic E-state index is 13.8. The summed E-state index contributed by atoms with van der Waals surface area (Å²) in [6.45, 7) is 1.07. The number of benzene rings is 1. The van der Waals surface area contributed by atoms with E-state index in [2.05, 4.69) is 8.37 Å². The van der Waals surface area contributed by atoms with Gasteiger partial charge >= 0.3 is 35.9 Å². The molecule has 0 aliphatic carbocycles. The molecule has 0 fully saturated rings. The van der Waals surface area contributed by atoms with E-state index in [0.29, 0.717) is 13.8 Å².